The summed E-state index contributed by atoms with van der Waals surface area (Å²) >= 11 is 0. The lowest BCUT2D eigenvalue weighted by Gasteiger charge is -2.25. The third kappa shape index (κ3) is 5.41. The van der Waals surface area contributed by atoms with E-state index < -0.39 is 0 Å². The first-order valence-corrected chi connectivity index (χ1v) is 18.5. The number of hydrogen-bond acceptors (Lipinski definition) is 7. The van der Waals surface area contributed by atoms with Crippen molar-refractivity contribution in [2.24, 2.45) is 0 Å². The van der Waals surface area contributed by atoms with Crippen molar-refractivity contribution in [2.75, 3.05) is 9.80 Å². The summed E-state index contributed by atoms with van der Waals surface area (Å²) < 4.78 is 12.2. The highest BCUT2D eigenvalue weighted by Gasteiger charge is 2.19. The average molecular weight is 722 g/mol. The van der Waals surface area contributed by atoms with Crippen LogP contribution in [0.5, 0.6) is 0 Å². The van der Waals surface area contributed by atoms with Crippen molar-refractivity contribution < 1.29 is 8.83 Å². The van der Waals surface area contributed by atoms with Gasteiger partial charge in [0.2, 0.25) is 5.89 Å². The molecule has 0 amide bonds. The van der Waals surface area contributed by atoms with E-state index in [1.807, 2.05) is 109 Å². The third-order valence-electron chi connectivity index (χ3n) is 10.4. The van der Waals surface area contributed by atoms with Crippen LogP contribution >= 0.6 is 0 Å². The van der Waals surface area contributed by atoms with Gasteiger partial charge in [0.25, 0.3) is 0 Å². The van der Waals surface area contributed by atoms with E-state index in [0.29, 0.717) is 5.89 Å². The molecule has 0 aliphatic heterocycles. The number of oxazole rings is 1. The first kappa shape index (κ1) is 31.7. The molecule has 0 aliphatic rings. The Labute approximate surface area is 321 Å². The zero-order chi connectivity index (χ0) is 37.0. The molecule has 0 bridgehead atoms. The molecule has 264 valence electrons. The minimum Gasteiger partial charge on any atom is -0.456 e. The van der Waals surface area contributed by atoms with Crippen LogP contribution in [0.25, 0.3) is 66.0 Å². The molecule has 56 heavy (non-hydrogen) atoms. The van der Waals surface area contributed by atoms with Crippen molar-refractivity contribution in [3.8, 4) is 11.5 Å². The number of para-hydroxylation sites is 3. The largest absolute Gasteiger partial charge is 0.456 e. The maximum atomic E-state index is 6.15. The van der Waals surface area contributed by atoms with Gasteiger partial charge in [-0.2, -0.15) is 0 Å². The second kappa shape index (κ2) is 13.0. The Hall–Kier alpha value is -7.77. The lowest BCUT2D eigenvalue weighted by atomic mass is 10.00. The van der Waals surface area contributed by atoms with Crippen LogP contribution in [0, 0.1) is 0 Å². The number of benzene rings is 7. The third-order valence-corrected chi connectivity index (χ3v) is 10.4. The van der Waals surface area contributed by atoms with Gasteiger partial charge in [0, 0.05) is 51.5 Å². The Morgan fingerprint density at radius 2 is 0.929 bits per heavy atom. The standard InChI is InChI=1S/C49H31N5O2/c1-3-11-44-41(9-1)42-31-38(23-26-45(42)55-44)54(48-14-6-8-28-51-48)37-22-25-40-34(30-37)16-15-33-29-36(21-24-39(33)40)53(47-13-5-7-27-50-47)35-19-17-32(18-20-35)49-52-43-10-2-4-12-46(43)56-49/h1-31H. The van der Waals surface area contributed by atoms with Crippen LogP contribution < -0.4 is 9.80 Å². The Balaban J connectivity index is 0.978. The number of nitrogens with zero attached hydrogens (tertiary/aromatic N) is 5. The van der Waals surface area contributed by atoms with Gasteiger partial charge in [0.15, 0.2) is 5.58 Å². The van der Waals surface area contributed by atoms with Crippen molar-refractivity contribution >= 4 is 89.0 Å². The zero-order valence-electron chi connectivity index (χ0n) is 30.0. The second-order valence-electron chi connectivity index (χ2n) is 13.7. The highest BCUT2D eigenvalue weighted by atomic mass is 16.3. The molecule has 4 aromatic heterocycles. The van der Waals surface area contributed by atoms with E-state index in [1.165, 1.54) is 10.8 Å². The molecule has 0 spiro atoms. The average Bonchev–Trinajstić information content (AvgIpc) is 3.87. The van der Waals surface area contributed by atoms with Gasteiger partial charge < -0.3 is 8.83 Å². The van der Waals surface area contributed by atoms with E-state index in [4.69, 9.17) is 23.8 Å². The fourth-order valence-electron chi connectivity index (χ4n) is 7.73. The molecule has 11 aromatic rings. The number of rotatable bonds is 7. The van der Waals surface area contributed by atoms with Crippen molar-refractivity contribution in [3.05, 3.63) is 188 Å². The fourth-order valence-corrected chi connectivity index (χ4v) is 7.73. The van der Waals surface area contributed by atoms with Crippen LogP contribution in [0.3, 0.4) is 0 Å². The quantitative estimate of drug-likeness (QED) is 0.152. The SMILES string of the molecule is c1ccc(N(c2ccc(-c3nc4ccccc4o3)cc2)c2ccc3c(ccc4cc(N(c5ccc6oc7ccccc7c6c5)c5ccccn5)ccc43)c2)nc1. The summed E-state index contributed by atoms with van der Waals surface area (Å²) in [4.78, 5) is 18.6. The van der Waals surface area contributed by atoms with Gasteiger partial charge in [0.1, 0.15) is 28.3 Å². The molecule has 0 saturated carbocycles. The van der Waals surface area contributed by atoms with Gasteiger partial charge in [-0.1, -0.05) is 66.7 Å². The fraction of sp³-hybridized carbons (Fsp3) is 0. The molecule has 0 fully saturated rings. The first-order chi connectivity index (χ1) is 27.7. The van der Waals surface area contributed by atoms with Gasteiger partial charge >= 0.3 is 0 Å². The molecular weight excluding hydrogens is 691 g/mol. The Kier molecular flexibility index (Phi) is 7.35. The number of aromatic nitrogens is 3. The molecule has 7 heteroatoms. The predicted octanol–water partition coefficient (Wildman–Crippen LogP) is 13.4. The minimum atomic E-state index is 0.596. The molecule has 0 aliphatic carbocycles. The maximum Gasteiger partial charge on any atom is 0.227 e. The van der Waals surface area contributed by atoms with E-state index in [-0.39, 0.29) is 0 Å². The van der Waals surface area contributed by atoms with Crippen molar-refractivity contribution in [1.82, 2.24) is 15.0 Å². The van der Waals surface area contributed by atoms with Crippen LogP contribution in [-0.2, 0) is 0 Å². The summed E-state index contributed by atoms with van der Waals surface area (Å²) in [6, 6.07) is 60.3. The molecule has 0 unspecified atom stereocenters. The van der Waals surface area contributed by atoms with E-state index in [0.717, 1.165) is 83.8 Å². The van der Waals surface area contributed by atoms with Crippen LogP contribution in [-0.4, -0.2) is 15.0 Å². The van der Waals surface area contributed by atoms with Crippen molar-refractivity contribution in [3.63, 3.8) is 0 Å². The van der Waals surface area contributed by atoms with Gasteiger partial charge in [0.05, 0.1) is 0 Å². The van der Waals surface area contributed by atoms with Crippen molar-refractivity contribution in [2.45, 2.75) is 0 Å². The smallest absolute Gasteiger partial charge is 0.227 e. The minimum absolute atomic E-state index is 0.596. The molecule has 0 saturated heterocycles. The van der Waals surface area contributed by atoms with Gasteiger partial charge in [-0.05, 0) is 131 Å². The van der Waals surface area contributed by atoms with Crippen LogP contribution in [0.4, 0.5) is 34.4 Å². The van der Waals surface area contributed by atoms with E-state index in [9.17, 15) is 0 Å². The lowest BCUT2D eigenvalue weighted by molar-refractivity contribution is 0.620. The highest BCUT2D eigenvalue weighted by molar-refractivity contribution is 6.10. The zero-order valence-corrected chi connectivity index (χ0v) is 30.0. The first-order valence-electron chi connectivity index (χ1n) is 18.5. The topological polar surface area (TPSA) is 71.4 Å². The van der Waals surface area contributed by atoms with Gasteiger partial charge in [-0.3, -0.25) is 9.80 Å². The van der Waals surface area contributed by atoms with Gasteiger partial charge in [-0.25, -0.2) is 15.0 Å². The summed E-state index contributed by atoms with van der Waals surface area (Å²) in [6.07, 6.45) is 3.66. The normalized spacial score (nSPS) is 11.6. The molecule has 11 rings (SSSR count). The van der Waals surface area contributed by atoms with E-state index in [2.05, 4.69) is 88.7 Å². The number of furan rings is 1. The van der Waals surface area contributed by atoms with Gasteiger partial charge in [-0.15, -0.1) is 0 Å². The molecular formula is C49H31N5O2. The molecule has 4 heterocycles. The van der Waals surface area contributed by atoms with Crippen molar-refractivity contribution in [1.29, 1.82) is 0 Å². The van der Waals surface area contributed by atoms with Crippen LogP contribution in [0.2, 0.25) is 0 Å². The summed E-state index contributed by atoms with van der Waals surface area (Å²) in [6.45, 7) is 0. The number of anilines is 6. The Bertz CT molecular complexity index is 3180. The highest BCUT2D eigenvalue weighted by Crippen LogP contribution is 2.41. The summed E-state index contributed by atoms with van der Waals surface area (Å²) in [5, 5.41) is 6.76. The summed E-state index contributed by atoms with van der Waals surface area (Å²) in [5.41, 5.74) is 8.26. The molecule has 0 atom stereocenters. The maximum absolute atomic E-state index is 6.15. The Morgan fingerprint density at radius 3 is 1.59 bits per heavy atom. The number of fused-ring (bicyclic) bond motifs is 7. The number of hydrogen-bond donors (Lipinski definition) is 0. The predicted molar refractivity (Wildman–Crippen MR) is 227 cm³/mol. The molecule has 0 radical (unpaired) electrons. The van der Waals surface area contributed by atoms with E-state index >= 15 is 0 Å². The van der Waals surface area contributed by atoms with Crippen LogP contribution in [0.1, 0.15) is 0 Å². The lowest BCUT2D eigenvalue weighted by Crippen LogP contribution is -2.11. The summed E-state index contributed by atoms with van der Waals surface area (Å²) in [5.74, 6) is 2.25. The monoisotopic (exact) mass is 721 g/mol. The van der Waals surface area contributed by atoms with E-state index in [1.54, 1.807) is 0 Å². The molecule has 0 N–H and O–H groups in total. The number of pyridine rings is 2. The Morgan fingerprint density at radius 1 is 0.375 bits per heavy atom. The molecule has 7 aromatic carbocycles. The second-order valence-corrected chi connectivity index (χ2v) is 13.7. The molecule has 7 nitrogen and oxygen atoms in total. The van der Waals surface area contributed by atoms with Crippen LogP contribution in [0.15, 0.2) is 197 Å². The summed E-state index contributed by atoms with van der Waals surface area (Å²) in [7, 11) is 0.